The topological polar surface area (TPSA) is 106 Å². The number of hydrogen-bond donors (Lipinski definition) is 4. The molecule has 0 saturated heterocycles. The van der Waals surface area contributed by atoms with Crippen molar-refractivity contribution in [3.8, 4) is 23.0 Å². The molecule has 0 spiro atoms. The second-order valence-corrected chi connectivity index (χ2v) is 6.32. The van der Waals surface area contributed by atoms with E-state index in [0.29, 0.717) is 24.2 Å². The minimum atomic E-state index is 0.108. The van der Waals surface area contributed by atoms with Crippen molar-refractivity contribution >= 4 is 12.4 Å². The highest BCUT2D eigenvalue weighted by molar-refractivity contribution is 5.84. The standard InChI is InChI=1S/C21H26N2O4/c24-18-6-8-20(26)16(12-18)14-22-10-4-2-1-3-5-11-23-15-17-13-19(25)7-9-21(17)27/h6-9,12-15,24-27H,1-5,10-11H2. The summed E-state index contributed by atoms with van der Waals surface area (Å²) in [6.07, 6.45) is 8.34. The van der Waals surface area contributed by atoms with E-state index < -0.39 is 0 Å². The molecule has 27 heavy (non-hydrogen) atoms. The predicted molar refractivity (Wildman–Crippen MR) is 108 cm³/mol. The van der Waals surface area contributed by atoms with Crippen molar-refractivity contribution in [3.63, 3.8) is 0 Å². The van der Waals surface area contributed by atoms with E-state index >= 15 is 0 Å². The first-order chi connectivity index (χ1) is 13.1. The van der Waals surface area contributed by atoms with Gasteiger partial charge in [0.25, 0.3) is 0 Å². The van der Waals surface area contributed by atoms with Crippen LogP contribution in [-0.4, -0.2) is 45.9 Å². The van der Waals surface area contributed by atoms with E-state index in [2.05, 4.69) is 9.98 Å². The lowest BCUT2D eigenvalue weighted by atomic mass is 10.1. The Morgan fingerprint density at radius 3 is 1.44 bits per heavy atom. The van der Waals surface area contributed by atoms with E-state index in [1.165, 1.54) is 36.4 Å². The van der Waals surface area contributed by atoms with Crippen molar-refractivity contribution in [3.05, 3.63) is 47.5 Å². The molecule has 144 valence electrons. The van der Waals surface area contributed by atoms with E-state index in [9.17, 15) is 20.4 Å². The molecule has 4 N–H and O–H groups in total. The normalized spacial score (nSPS) is 11.6. The van der Waals surface area contributed by atoms with Crippen molar-refractivity contribution < 1.29 is 20.4 Å². The maximum atomic E-state index is 9.64. The number of hydrogen-bond acceptors (Lipinski definition) is 6. The van der Waals surface area contributed by atoms with Gasteiger partial charge in [0.2, 0.25) is 0 Å². The lowest BCUT2D eigenvalue weighted by Crippen LogP contribution is -1.89. The molecule has 0 fully saturated rings. The second-order valence-electron chi connectivity index (χ2n) is 6.32. The summed E-state index contributed by atoms with van der Waals surface area (Å²) in [4.78, 5) is 8.55. The molecule has 6 heteroatoms. The summed E-state index contributed by atoms with van der Waals surface area (Å²) in [6.45, 7) is 1.37. The van der Waals surface area contributed by atoms with Gasteiger partial charge in [-0.2, -0.15) is 0 Å². The van der Waals surface area contributed by atoms with Crippen molar-refractivity contribution in [2.24, 2.45) is 9.98 Å². The molecule has 0 aromatic heterocycles. The average molecular weight is 370 g/mol. The zero-order valence-corrected chi connectivity index (χ0v) is 15.3. The Morgan fingerprint density at radius 2 is 1.00 bits per heavy atom. The molecule has 0 aliphatic heterocycles. The number of phenols is 4. The van der Waals surface area contributed by atoms with Crippen LogP contribution in [0, 0.1) is 0 Å². The highest BCUT2D eigenvalue weighted by Crippen LogP contribution is 2.21. The van der Waals surface area contributed by atoms with Crippen LogP contribution in [0.3, 0.4) is 0 Å². The molecule has 0 bridgehead atoms. The summed E-state index contributed by atoms with van der Waals surface area (Å²) in [7, 11) is 0. The van der Waals surface area contributed by atoms with Crippen LogP contribution in [0.25, 0.3) is 0 Å². The van der Waals surface area contributed by atoms with E-state index in [-0.39, 0.29) is 23.0 Å². The summed E-state index contributed by atoms with van der Waals surface area (Å²) >= 11 is 0. The monoisotopic (exact) mass is 370 g/mol. The molecular formula is C21H26N2O4. The number of rotatable bonds is 10. The summed E-state index contributed by atoms with van der Waals surface area (Å²) < 4.78 is 0. The Bertz CT molecular complexity index is 722. The fourth-order valence-electron chi connectivity index (χ4n) is 2.55. The summed E-state index contributed by atoms with van der Waals surface area (Å²) in [5, 5.41) is 38.0. The molecule has 0 aliphatic rings. The first-order valence-corrected chi connectivity index (χ1v) is 9.10. The summed E-state index contributed by atoms with van der Waals surface area (Å²) in [5.74, 6) is 0.430. The lowest BCUT2D eigenvalue weighted by Gasteiger charge is -2.01. The smallest absolute Gasteiger partial charge is 0.124 e. The minimum Gasteiger partial charge on any atom is -0.508 e. The maximum absolute atomic E-state index is 9.64. The second kappa shape index (κ2) is 10.9. The molecule has 0 aliphatic carbocycles. The van der Waals surface area contributed by atoms with Gasteiger partial charge < -0.3 is 20.4 Å². The number of nitrogens with zero attached hydrogens (tertiary/aromatic N) is 2. The first kappa shape index (κ1) is 20.3. The molecule has 2 aromatic rings. The number of aliphatic imine (C=N–C) groups is 2. The van der Waals surface area contributed by atoms with E-state index in [0.717, 1.165) is 32.1 Å². The Labute approximate surface area is 159 Å². The van der Waals surface area contributed by atoms with E-state index in [1.54, 1.807) is 12.4 Å². The molecule has 2 rings (SSSR count). The highest BCUT2D eigenvalue weighted by atomic mass is 16.3. The largest absolute Gasteiger partial charge is 0.508 e. The van der Waals surface area contributed by atoms with Gasteiger partial charge in [0.1, 0.15) is 23.0 Å². The molecule has 0 saturated carbocycles. The van der Waals surface area contributed by atoms with E-state index in [1.807, 2.05) is 0 Å². The van der Waals surface area contributed by atoms with Crippen LogP contribution < -0.4 is 0 Å². The maximum Gasteiger partial charge on any atom is 0.124 e. The molecule has 0 atom stereocenters. The third-order valence-electron chi connectivity index (χ3n) is 4.06. The van der Waals surface area contributed by atoms with Gasteiger partial charge in [-0.15, -0.1) is 0 Å². The molecule has 0 unspecified atom stereocenters. The molecular weight excluding hydrogens is 344 g/mol. The number of benzene rings is 2. The third kappa shape index (κ3) is 7.40. The fraction of sp³-hybridized carbons (Fsp3) is 0.333. The van der Waals surface area contributed by atoms with Crippen LogP contribution in [0.5, 0.6) is 23.0 Å². The van der Waals surface area contributed by atoms with Gasteiger partial charge in [0.05, 0.1) is 0 Å². The van der Waals surface area contributed by atoms with Gasteiger partial charge in [-0.1, -0.05) is 19.3 Å². The Morgan fingerprint density at radius 1 is 0.593 bits per heavy atom. The lowest BCUT2D eigenvalue weighted by molar-refractivity contribution is 0.459. The Kier molecular flexibility index (Phi) is 8.16. The first-order valence-electron chi connectivity index (χ1n) is 9.10. The molecule has 0 amide bonds. The SMILES string of the molecule is Oc1ccc(O)c(C=NCCCCCCCN=Cc2cc(O)ccc2O)c1. The predicted octanol–water partition coefficient (Wildman–Crippen LogP) is 4.00. The van der Waals surface area contributed by atoms with Gasteiger partial charge in [-0.05, 0) is 49.2 Å². The van der Waals surface area contributed by atoms with Crippen LogP contribution in [-0.2, 0) is 0 Å². The summed E-state index contributed by atoms with van der Waals surface area (Å²) in [5.41, 5.74) is 1.04. The molecule has 2 aromatic carbocycles. The third-order valence-corrected chi connectivity index (χ3v) is 4.06. The average Bonchev–Trinajstić information content (AvgIpc) is 2.65. The van der Waals surface area contributed by atoms with Gasteiger partial charge in [0.15, 0.2) is 0 Å². The molecule has 0 heterocycles. The van der Waals surface area contributed by atoms with Gasteiger partial charge >= 0.3 is 0 Å². The minimum absolute atomic E-state index is 0.108. The van der Waals surface area contributed by atoms with E-state index in [4.69, 9.17) is 0 Å². The van der Waals surface area contributed by atoms with Crippen molar-refractivity contribution in [2.75, 3.05) is 13.1 Å². The highest BCUT2D eigenvalue weighted by Gasteiger charge is 1.99. The van der Waals surface area contributed by atoms with Crippen molar-refractivity contribution in [1.82, 2.24) is 0 Å². The molecule has 6 nitrogen and oxygen atoms in total. The van der Waals surface area contributed by atoms with Crippen LogP contribution in [0.2, 0.25) is 0 Å². The zero-order chi connectivity index (χ0) is 19.5. The number of unbranched alkanes of at least 4 members (excludes halogenated alkanes) is 4. The van der Waals surface area contributed by atoms with Crippen molar-refractivity contribution in [2.45, 2.75) is 32.1 Å². The quantitative estimate of drug-likeness (QED) is 0.288. The van der Waals surface area contributed by atoms with Gasteiger partial charge in [0, 0.05) is 36.6 Å². The van der Waals surface area contributed by atoms with Crippen LogP contribution in [0.4, 0.5) is 0 Å². The van der Waals surface area contributed by atoms with Gasteiger partial charge in [-0.3, -0.25) is 9.98 Å². The zero-order valence-electron chi connectivity index (χ0n) is 15.3. The Hall–Kier alpha value is -3.02. The van der Waals surface area contributed by atoms with Crippen molar-refractivity contribution in [1.29, 1.82) is 0 Å². The molecule has 0 radical (unpaired) electrons. The summed E-state index contributed by atoms with van der Waals surface area (Å²) in [6, 6.07) is 8.72. The Balaban J connectivity index is 1.55. The number of aromatic hydroxyl groups is 4. The number of phenolic OH excluding ortho intramolecular Hbond substituents is 4. The van der Waals surface area contributed by atoms with Gasteiger partial charge in [-0.25, -0.2) is 0 Å². The van der Waals surface area contributed by atoms with Crippen LogP contribution in [0.1, 0.15) is 43.2 Å². The van der Waals surface area contributed by atoms with Crippen LogP contribution >= 0.6 is 0 Å². The van der Waals surface area contributed by atoms with Crippen LogP contribution in [0.15, 0.2) is 46.4 Å². The fourth-order valence-corrected chi connectivity index (χ4v) is 2.55.